The summed E-state index contributed by atoms with van der Waals surface area (Å²) in [5, 5.41) is 5.24. The Morgan fingerprint density at radius 3 is 2.80 bits per heavy atom. The quantitative estimate of drug-likeness (QED) is 0.761. The Hall–Kier alpha value is -3.55. The average Bonchev–Trinajstić information content (AvgIpc) is 2.63. The van der Waals surface area contributed by atoms with E-state index in [-0.39, 0.29) is 5.75 Å². The minimum Gasteiger partial charge on any atom is -0.494 e. The second-order valence-electron chi connectivity index (χ2n) is 4.96. The highest BCUT2D eigenvalue weighted by Gasteiger charge is 2.09. The number of pyridine rings is 1. The van der Waals surface area contributed by atoms with Gasteiger partial charge in [0.25, 0.3) is 0 Å². The highest BCUT2D eigenvalue weighted by Crippen LogP contribution is 2.25. The van der Waals surface area contributed by atoms with E-state index in [1.165, 1.54) is 31.8 Å². The number of nitrogens with zero attached hydrogens (tertiary/aromatic N) is 3. The third kappa shape index (κ3) is 4.05. The number of halogens is 1. The summed E-state index contributed by atoms with van der Waals surface area (Å²) in [6.45, 7) is 0. The predicted octanol–water partition coefficient (Wildman–Crippen LogP) is 3.33. The van der Waals surface area contributed by atoms with Crippen LogP contribution in [0.25, 0.3) is 11.3 Å². The molecule has 2 N–H and O–H groups in total. The van der Waals surface area contributed by atoms with Crippen LogP contribution < -0.4 is 15.4 Å². The number of aromatic nitrogens is 3. The van der Waals surface area contributed by atoms with E-state index in [1.54, 1.807) is 30.5 Å². The molecule has 7 nitrogen and oxygen atoms in total. The lowest BCUT2D eigenvalue weighted by Gasteiger charge is -2.08. The lowest BCUT2D eigenvalue weighted by Crippen LogP contribution is -2.20. The molecule has 0 unspecified atom stereocenters. The van der Waals surface area contributed by atoms with Gasteiger partial charge in [-0.1, -0.05) is 0 Å². The summed E-state index contributed by atoms with van der Waals surface area (Å²) in [6.07, 6.45) is 4.44. The third-order valence-corrected chi connectivity index (χ3v) is 3.27. The number of anilines is 2. The van der Waals surface area contributed by atoms with Crippen molar-refractivity contribution in [3.63, 3.8) is 0 Å². The molecule has 3 aromatic rings. The molecule has 0 radical (unpaired) electrons. The maximum Gasteiger partial charge on any atom is 0.324 e. The normalized spacial score (nSPS) is 10.2. The molecule has 0 saturated heterocycles. The summed E-state index contributed by atoms with van der Waals surface area (Å²) >= 11 is 0. The Kier molecular flexibility index (Phi) is 4.79. The Labute approximate surface area is 142 Å². The van der Waals surface area contributed by atoms with Crippen LogP contribution in [0.4, 0.5) is 20.7 Å². The molecular formula is C17H14FN5O2. The first-order chi connectivity index (χ1) is 12.2. The van der Waals surface area contributed by atoms with E-state index in [4.69, 9.17) is 4.74 Å². The SMILES string of the molecule is COc1cc(-c2cc(NC(=O)Nc3cccnc3)ncn2)ccc1F. The van der Waals surface area contributed by atoms with Gasteiger partial charge < -0.3 is 10.1 Å². The van der Waals surface area contributed by atoms with Gasteiger partial charge in [0.05, 0.1) is 24.7 Å². The zero-order valence-electron chi connectivity index (χ0n) is 13.2. The van der Waals surface area contributed by atoms with Crippen LogP contribution in [0.3, 0.4) is 0 Å². The lowest BCUT2D eigenvalue weighted by atomic mass is 10.1. The van der Waals surface area contributed by atoms with Crippen LogP contribution in [0.15, 0.2) is 55.1 Å². The molecule has 8 heteroatoms. The molecule has 1 aromatic carbocycles. The molecule has 126 valence electrons. The standard InChI is InChI=1S/C17H14FN5O2/c1-25-15-7-11(4-5-13(15)18)14-8-16(21-10-20-14)23-17(24)22-12-3-2-6-19-9-12/h2-10H,1H3,(H2,20,21,22,23,24). The van der Waals surface area contributed by atoms with Crippen molar-refractivity contribution >= 4 is 17.5 Å². The molecule has 2 amide bonds. The number of nitrogens with one attached hydrogen (secondary N) is 2. The summed E-state index contributed by atoms with van der Waals surface area (Å²) in [5.41, 5.74) is 1.71. The number of carbonyl (C=O) groups is 1. The van der Waals surface area contributed by atoms with Crippen molar-refractivity contribution in [3.05, 3.63) is 60.9 Å². The van der Waals surface area contributed by atoms with Gasteiger partial charge in [-0.3, -0.25) is 10.3 Å². The van der Waals surface area contributed by atoms with Gasteiger partial charge in [0.15, 0.2) is 11.6 Å². The highest BCUT2D eigenvalue weighted by atomic mass is 19.1. The second kappa shape index (κ2) is 7.35. The predicted molar refractivity (Wildman–Crippen MR) is 90.9 cm³/mol. The van der Waals surface area contributed by atoms with Crippen molar-refractivity contribution in [2.45, 2.75) is 0 Å². The van der Waals surface area contributed by atoms with Gasteiger partial charge in [0.1, 0.15) is 12.1 Å². The topological polar surface area (TPSA) is 89.0 Å². The molecule has 0 saturated carbocycles. The Bertz CT molecular complexity index is 889. The number of rotatable bonds is 4. The lowest BCUT2D eigenvalue weighted by molar-refractivity contribution is 0.262. The molecule has 0 fully saturated rings. The number of hydrogen-bond donors (Lipinski definition) is 2. The number of methoxy groups -OCH3 is 1. The van der Waals surface area contributed by atoms with E-state index in [2.05, 4.69) is 25.6 Å². The van der Waals surface area contributed by atoms with E-state index >= 15 is 0 Å². The monoisotopic (exact) mass is 339 g/mol. The Balaban J connectivity index is 1.76. The molecule has 0 aliphatic rings. The van der Waals surface area contributed by atoms with Crippen LogP contribution in [-0.2, 0) is 0 Å². The molecule has 3 rings (SSSR count). The van der Waals surface area contributed by atoms with Crippen LogP contribution >= 0.6 is 0 Å². The molecule has 2 aromatic heterocycles. The van der Waals surface area contributed by atoms with E-state index in [9.17, 15) is 9.18 Å². The molecule has 0 spiro atoms. The summed E-state index contributed by atoms with van der Waals surface area (Å²) in [5.74, 6) is -0.0517. The average molecular weight is 339 g/mol. The first kappa shape index (κ1) is 16.3. The van der Waals surface area contributed by atoms with Crippen molar-refractivity contribution in [2.75, 3.05) is 17.7 Å². The molecule has 2 heterocycles. The molecular weight excluding hydrogens is 325 g/mol. The van der Waals surface area contributed by atoms with Gasteiger partial charge in [-0.25, -0.2) is 19.2 Å². The van der Waals surface area contributed by atoms with Crippen molar-refractivity contribution in [3.8, 4) is 17.0 Å². The smallest absolute Gasteiger partial charge is 0.324 e. The number of carbonyl (C=O) groups excluding carboxylic acids is 1. The van der Waals surface area contributed by atoms with Crippen LogP contribution in [-0.4, -0.2) is 28.1 Å². The van der Waals surface area contributed by atoms with Gasteiger partial charge in [-0.2, -0.15) is 0 Å². The molecule has 0 bridgehead atoms. The van der Waals surface area contributed by atoms with Crippen LogP contribution in [0.5, 0.6) is 5.75 Å². The highest BCUT2D eigenvalue weighted by molar-refractivity contribution is 5.99. The zero-order chi connectivity index (χ0) is 17.6. The van der Waals surface area contributed by atoms with Crippen LogP contribution in [0.2, 0.25) is 0 Å². The minimum absolute atomic E-state index is 0.111. The fourth-order valence-electron chi connectivity index (χ4n) is 2.12. The van der Waals surface area contributed by atoms with Crippen LogP contribution in [0, 0.1) is 5.82 Å². The van der Waals surface area contributed by atoms with Crippen molar-refractivity contribution in [1.82, 2.24) is 15.0 Å². The maximum atomic E-state index is 13.5. The van der Waals surface area contributed by atoms with Gasteiger partial charge >= 0.3 is 6.03 Å². The summed E-state index contributed by atoms with van der Waals surface area (Å²) in [4.78, 5) is 24.0. The van der Waals surface area contributed by atoms with Crippen molar-refractivity contribution in [2.24, 2.45) is 0 Å². The molecule has 0 aliphatic heterocycles. The number of urea groups is 1. The van der Waals surface area contributed by atoms with Gasteiger partial charge in [0.2, 0.25) is 0 Å². The Morgan fingerprint density at radius 1 is 1.16 bits per heavy atom. The zero-order valence-corrected chi connectivity index (χ0v) is 13.2. The van der Waals surface area contributed by atoms with Gasteiger partial charge in [-0.05, 0) is 30.3 Å². The van der Waals surface area contributed by atoms with E-state index in [0.717, 1.165) is 0 Å². The van der Waals surface area contributed by atoms with Gasteiger partial charge in [0, 0.05) is 17.8 Å². The fraction of sp³-hybridized carbons (Fsp3) is 0.0588. The summed E-state index contributed by atoms with van der Waals surface area (Å²) < 4.78 is 18.5. The molecule has 25 heavy (non-hydrogen) atoms. The number of ether oxygens (including phenoxy) is 1. The maximum absolute atomic E-state index is 13.5. The van der Waals surface area contributed by atoms with E-state index in [0.29, 0.717) is 22.8 Å². The van der Waals surface area contributed by atoms with Crippen molar-refractivity contribution in [1.29, 1.82) is 0 Å². The number of amides is 2. The van der Waals surface area contributed by atoms with Crippen LogP contribution in [0.1, 0.15) is 0 Å². The minimum atomic E-state index is -0.464. The van der Waals surface area contributed by atoms with Crippen molar-refractivity contribution < 1.29 is 13.9 Å². The number of hydrogen-bond acceptors (Lipinski definition) is 5. The van der Waals surface area contributed by atoms with E-state index in [1.807, 2.05) is 0 Å². The third-order valence-electron chi connectivity index (χ3n) is 3.27. The fourth-order valence-corrected chi connectivity index (χ4v) is 2.12. The second-order valence-corrected chi connectivity index (χ2v) is 4.96. The Morgan fingerprint density at radius 2 is 2.04 bits per heavy atom. The molecule has 0 aliphatic carbocycles. The largest absolute Gasteiger partial charge is 0.494 e. The first-order valence-corrected chi connectivity index (χ1v) is 7.29. The summed E-state index contributed by atoms with van der Waals surface area (Å²) in [7, 11) is 1.39. The van der Waals surface area contributed by atoms with E-state index < -0.39 is 11.8 Å². The van der Waals surface area contributed by atoms with Gasteiger partial charge in [-0.15, -0.1) is 0 Å². The molecule has 0 atom stereocenters. The first-order valence-electron chi connectivity index (χ1n) is 7.29. The summed E-state index contributed by atoms with van der Waals surface area (Å²) in [6, 6.07) is 8.92. The number of benzene rings is 1.